The molecule has 0 radical (unpaired) electrons. The van der Waals surface area contributed by atoms with Crippen molar-refractivity contribution in [3.8, 4) is 5.75 Å². The van der Waals surface area contributed by atoms with E-state index in [-0.39, 0.29) is 17.6 Å². The van der Waals surface area contributed by atoms with Gasteiger partial charge in [-0.3, -0.25) is 4.79 Å². The van der Waals surface area contributed by atoms with Gasteiger partial charge < -0.3 is 18.6 Å². The topological polar surface area (TPSA) is 77.6 Å². The van der Waals surface area contributed by atoms with Gasteiger partial charge in [-0.25, -0.2) is 9.78 Å². The zero-order valence-corrected chi connectivity index (χ0v) is 18.0. The molecule has 3 aromatic rings. The maximum atomic E-state index is 13.2. The van der Waals surface area contributed by atoms with Gasteiger partial charge in [0.25, 0.3) is 5.91 Å². The van der Waals surface area contributed by atoms with Gasteiger partial charge in [0.1, 0.15) is 17.2 Å². The van der Waals surface area contributed by atoms with E-state index < -0.39 is 6.10 Å². The number of nitrogens with zero attached hydrogens (tertiary/aromatic N) is 3. The second-order valence-electron chi connectivity index (χ2n) is 8.62. The molecule has 1 fully saturated rings. The summed E-state index contributed by atoms with van der Waals surface area (Å²) in [6.45, 7) is 2.24. The van der Waals surface area contributed by atoms with Gasteiger partial charge >= 0.3 is 5.63 Å². The van der Waals surface area contributed by atoms with Crippen LogP contribution in [0.15, 0.2) is 39.8 Å². The number of carbonyl (C=O) groups excluding carboxylic acids is 1. The summed E-state index contributed by atoms with van der Waals surface area (Å²) in [6.07, 6.45) is 8.79. The minimum absolute atomic E-state index is 0.0579. The Morgan fingerprint density at radius 1 is 1.29 bits per heavy atom. The van der Waals surface area contributed by atoms with Crippen molar-refractivity contribution < 1.29 is 13.9 Å². The Kier molecular flexibility index (Phi) is 5.04. The lowest BCUT2D eigenvalue weighted by atomic mass is 9.91. The van der Waals surface area contributed by atoms with E-state index in [1.165, 1.54) is 0 Å². The number of ether oxygens (including phenoxy) is 1. The highest BCUT2D eigenvalue weighted by Gasteiger charge is 2.36. The van der Waals surface area contributed by atoms with Crippen LogP contribution in [0.2, 0.25) is 0 Å². The van der Waals surface area contributed by atoms with E-state index in [1.807, 2.05) is 34.8 Å². The van der Waals surface area contributed by atoms with E-state index in [0.29, 0.717) is 17.9 Å². The van der Waals surface area contributed by atoms with Crippen LogP contribution in [0, 0.1) is 0 Å². The zero-order valence-electron chi connectivity index (χ0n) is 18.0. The molecule has 0 bridgehead atoms. The molecular weight excluding hydrogens is 394 g/mol. The molecule has 2 aliphatic rings. The van der Waals surface area contributed by atoms with Gasteiger partial charge in [0.2, 0.25) is 0 Å². The van der Waals surface area contributed by atoms with Crippen molar-refractivity contribution in [3.63, 3.8) is 0 Å². The summed E-state index contributed by atoms with van der Waals surface area (Å²) >= 11 is 0. The molecule has 2 aliphatic carbocycles. The summed E-state index contributed by atoms with van der Waals surface area (Å²) in [6, 6.07) is 5.79. The molecule has 0 spiro atoms. The van der Waals surface area contributed by atoms with Crippen molar-refractivity contribution in [1.29, 1.82) is 0 Å². The van der Waals surface area contributed by atoms with Crippen molar-refractivity contribution in [2.24, 2.45) is 7.05 Å². The van der Waals surface area contributed by atoms with Crippen LogP contribution < -0.4 is 10.4 Å². The Balaban J connectivity index is 1.36. The molecule has 0 saturated heterocycles. The number of carbonyl (C=O) groups is 1. The Morgan fingerprint density at radius 2 is 2.06 bits per heavy atom. The van der Waals surface area contributed by atoms with Crippen LogP contribution in [0.25, 0.3) is 11.0 Å². The van der Waals surface area contributed by atoms with E-state index in [9.17, 15) is 9.59 Å². The van der Waals surface area contributed by atoms with Crippen LogP contribution in [-0.2, 0) is 31.2 Å². The molecule has 1 saturated carbocycles. The number of rotatable bonds is 6. The first-order valence-corrected chi connectivity index (χ1v) is 11.0. The highest BCUT2D eigenvalue weighted by Crippen LogP contribution is 2.31. The molecule has 1 unspecified atom stereocenters. The Bertz CT molecular complexity index is 1190. The number of aromatic nitrogens is 2. The number of benzene rings is 1. The average molecular weight is 421 g/mol. The molecule has 162 valence electrons. The van der Waals surface area contributed by atoms with E-state index >= 15 is 0 Å². The Morgan fingerprint density at radius 3 is 2.77 bits per heavy atom. The minimum Gasteiger partial charge on any atom is -0.481 e. The highest BCUT2D eigenvalue weighted by atomic mass is 16.5. The Labute approximate surface area is 180 Å². The maximum absolute atomic E-state index is 13.2. The van der Waals surface area contributed by atoms with Crippen molar-refractivity contribution in [3.05, 3.63) is 58.0 Å². The second-order valence-corrected chi connectivity index (χ2v) is 8.62. The predicted octanol–water partition coefficient (Wildman–Crippen LogP) is 3.36. The quantitative estimate of drug-likeness (QED) is 0.571. The van der Waals surface area contributed by atoms with Crippen LogP contribution in [-0.4, -0.2) is 32.5 Å². The number of aryl methyl sites for hydroxylation is 2. The fourth-order valence-corrected chi connectivity index (χ4v) is 4.46. The van der Waals surface area contributed by atoms with Gasteiger partial charge in [-0.2, -0.15) is 0 Å². The molecule has 1 aromatic carbocycles. The van der Waals surface area contributed by atoms with Crippen LogP contribution in [0.3, 0.4) is 0 Å². The third kappa shape index (κ3) is 3.84. The van der Waals surface area contributed by atoms with Gasteiger partial charge in [0.05, 0.1) is 6.54 Å². The molecule has 2 aromatic heterocycles. The third-order valence-corrected chi connectivity index (χ3v) is 6.36. The zero-order chi connectivity index (χ0) is 21.5. The summed E-state index contributed by atoms with van der Waals surface area (Å²) < 4.78 is 13.5. The van der Waals surface area contributed by atoms with Crippen molar-refractivity contribution >= 4 is 16.9 Å². The molecule has 31 heavy (non-hydrogen) atoms. The van der Waals surface area contributed by atoms with E-state index in [2.05, 4.69) is 4.98 Å². The number of imidazole rings is 1. The largest absolute Gasteiger partial charge is 0.481 e. The van der Waals surface area contributed by atoms with Crippen LogP contribution in [0.5, 0.6) is 5.75 Å². The van der Waals surface area contributed by atoms with Gasteiger partial charge in [0.15, 0.2) is 6.10 Å². The molecular formula is C24H27N3O4. The van der Waals surface area contributed by atoms with Crippen LogP contribution >= 0.6 is 0 Å². The highest BCUT2D eigenvalue weighted by molar-refractivity contribution is 5.84. The fraction of sp³-hybridized carbons (Fsp3) is 0.458. The van der Waals surface area contributed by atoms with Crippen LogP contribution in [0.4, 0.5) is 0 Å². The number of hydrogen-bond acceptors (Lipinski definition) is 5. The molecule has 1 atom stereocenters. The molecule has 2 heterocycles. The van der Waals surface area contributed by atoms with Crippen molar-refractivity contribution in [2.45, 2.75) is 64.1 Å². The van der Waals surface area contributed by atoms with Crippen molar-refractivity contribution in [2.75, 3.05) is 0 Å². The summed E-state index contributed by atoms with van der Waals surface area (Å²) in [4.78, 5) is 31.8. The summed E-state index contributed by atoms with van der Waals surface area (Å²) in [5, 5.41) is 0.968. The Hall–Kier alpha value is -3.09. The summed E-state index contributed by atoms with van der Waals surface area (Å²) in [7, 11) is 1.93. The number of hydrogen-bond donors (Lipinski definition) is 0. The first-order chi connectivity index (χ1) is 15.0. The maximum Gasteiger partial charge on any atom is 0.339 e. The third-order valence-electron chi connectivity index (χ3n) is 6.36. The number of fused-ring (bicyclic) bond motifs is 3. The van der Waals surface area contributed by atoms with Crippen LogP contribution in [0.1, 0.15) is 49.6 Å². The molecule has 0 aliphatic heterocycles. The molecule has 5 rings (SSSR count). The first-order valence-electron chi connectivity index (χ1n) is 11.0. The van der Waals surface area contributed by atoms with E-state index in [1.54, 1.807) is 19.2 Å². The molecule has 1 amide bonds. The normalized spacial score (nSPS) is 16.7. The molecule has 0 N–H and O–H groups in total. The summed E-state index contributed by atoms with van der Waals surface area (Å²) in [5.41, 5.74) is 2.18. The lowest BCUT2D eigenvalue weighted by Crippen LogP contribution is -2.41. The smallest absolute Gasteiger partial charge is 0.339 e. The summed E-state index contributed by atoms with van der Waals surface area (Å²) in [5.74, 6) is 1.32. The van der Waals surface area contributed by atoms with E-state index in [4.69, 9.17) is 9.15 Å². The first kappa shape index (κ1) is 19.8. The average Bonchev–Trinajstić information content (AvgIpc) is 3.53. The monoisotopic (exact) mass is 421 g/mol. The SMILES string of the molecule is CC(Oc1ccc2c3c(c(=O)oc2c1)CCCC3)C(=O)N(Cc1nccn1C)C1CC1. The fourth-order valence-electron chi connectivity index (χ4n) is 4.46. The second kappa shape index (κ2) is 7.87. The number of amides is 1. The predicted molar refractivity (Wildman–Crippen MR) is 116 cm³/mol. The van der Waals surface area contributed by atoms with Gasteiger partial charge in [-0.1, -0.05) is 0 Å². The minimum atomic E-state index is -0.650. The lowest BCUT2D eigenvalue weighted by Gasteiger charge is -2.26. The van der Waals surface area contributed by atoms with Gasteiger partial charge in [-0.15, -0.1) is 0 Å². The van der Waals surface area contributed by atoms with Gasteiger partial charge in [0, 0.05) is 42.5 Å². The standard InChI is InChI=1S/C24H27N3O4/c1-15(23(28)27(16-7-8-16)14-22-25-11-12-26(22)2)30-17-9-10-19-18-5-3-4-6-20(18)24(29)31-21(19)13-17/h9-13,15-16H,3-8,14H2,1-2H3. The molecule has 7 heteroatoms. The molecule has 7 nitrogen and oxygen atoms in total. The van der Waals surface area contributed by atoms with Crippen molar-refractivity contribution in [1.82, 2.24) is 14.5 Å². The van der Waals surface area contributed by atoms with Gasteiger partial charge in [-0.05, 0) is 63.1 Å². The lowest BCUT2D eigenvalue weighted by molar-refractivity contribution is -0.139. The van der Waals surface area contributed by atoms with E-state index in [0.717, 1.165) is 60.9 Å².